The Morgan fingerprint density at radius 2 is 1.33 bits per heavy atom. The van der Waals surface area contributed by atoms with Gasteiger partial charge in [0.1, 0.15) is 6.10 Å². The molecular weight excluding hydrogens is 432 g/mol. The third kappa shape index (κ3) is 12.3. The fourth-order valence-electron chi connectivity index (χ4n) is 2.32. The van der Waals surface area contributed by atoms with Crippen molar-refractivity contribution in [2.24, 2.45) is 11.8 Å². The number of rotatable bonds is 16. The summed E-state index contributed by atoms with van der Waals surface area (Å²) in [6.07, 6.45) is 11.2. The van der Waals surface area contributed by atoms with Gasteiger partial charge in [0.2, 0.25) is 3.42 Å². The molecule has 0 N–H and O–H groups in total. The van der Waals surface area contributed by atoms with Crippen molar-refractivity contribution in [2.45, 2.75) is 102 Å². The molecule has 0 aromatic carbocycles. The van der Waals surface area contributed by atoms with Crippen molar-refractivity contribution < 1.29 is 9.47 Å². The Bertz CT molecular complexity index is 285. The summed E-state index contributed by atoms with van der Waals surface area (Å²) in [5.41, 5.74) is 0. The summed E-state index contributed by atoms with van der Waals surface area (Å²) in [5, 5.41) is 0. The number of ether oxygens (including phenoxy) is 2. The predicted molar refractivity (Wildman–Crippen MR) is 113 cm³/mol. The molecule has 2 nitrogen and oxygen atoms in total. The minimum absolute atomic E-state index is 0.0433. The van der Waals surface area contributed by atoms with Gasteiger partial charge in [0.15, 0.2) is 0 Å². The van der Waals surface area contributed by atoms with E-state index in [9.17, 15) is 0 Å². The summed E-state index contributed by atoms with van der Waals surface area (Å²) in [7, 11) is 0. The Hall–Kier alpha value is 0.880. The predicted octanol–water partition coefficient (Wildman–Crippen LogP) is 7.67. The van der Waals surface area contributed by atoms with E-state index in [2.05, 4.69) is 66.5 Å². The van der Waals surface area contributed by atoms with Gasteiger partial charge in [0, 0.05) is 6.61 Å². The fraction of sp³-hybridized carbons (Fsp3) is 1.00. The van der Waals surface area contributed by atoms with Gasteiger partial charge in [-0.2, -0.15) is 0 Å². The topological polar surface area (TPSA) is 18.5 Å². The minimum Gasteiger partial charge on any atom is -0.373 e. The van der Waals surface area contributed by atoms with Gasteiger partial charge in [-0.3, -0.25) is 0 Å². The van der Waals surface area contributed by atoms with Crippen LogP contribution in [-0.4, -0.2) is 22.7 Å². The van der Waals surface area contributed by atoms with E-state index in [0.717, 1.165) is 32.5 Å². The molecule has 0 aliphatic heterocycles. The Morgan fingerprint density at radius 3 is 1.92 bits per heavy atom. The number of hydrogen-bond acceptors (Lipinski definition) is 2. The van der Waals surface area contributed by atoms with Gasteiger partial charge in [-0.1, -0.05) is 86.0 Å². The molecule has 0 bridgehead atoms. The van der Waals surface area contributed by atoms with Crippen LogP contribution in [0.2, 0.25) is 0 Å². The zero-order valence-electron chi connectivity index (χ0n) is 16.6. The van der Waals surface area contributed by atoms with Crippen LogP contribution in [-0.2, 0) is 9.47 Å². The molecule has 0 radical (unpaired) electrons. The highest BCUT2D eigenvalue weighted by atomic mass is 79.9. The molecule has 0 rings (SSSR count). The second-order valence-corrected chi connectivity index (χ2v) is 10.7. The van der Waals surface area contributed by atoms with Crippen LogP contribution in [0.4, 0.5) is 0 Å². The summed E-state index contributed by atoms with van der Waals surface area (Å²) >= 11 is 7.48. The molecular formula is C20H40Br2O2. The third-order valence-electron chi connectivity index (χ3n) is 4.73. The Morgan fingerprint density at radius 1 is 0.792 bits per heavy atom. The van der Waals surface area contributed by atoms with E-state index in [-0.39, 0.29) is 6.10 Å². The van der Waals surface area contributed by atoms with Gasteiger partial charge in [-0.25, -0.2) is 0 Å². The SMILES string of the molecule is CCCCCCCCC(OCC(C)CC)C(Br)(Br)OCC(C)CC. The Labute approximate surface area is 168 Å². The molecule has 0 spiro atoms. The fourth-order valence-corrected chi connectivity index (χ4v) is 3.31. The lowest BCUT2D eigenvalue weighted by atomic mass is 10.1. The molecule has 24 heavy (non-hydrogen) atoms. The van der Waals surface area contributed by atoms with Crippen molar-refractivity contribution in [3.05, 3.63) is 0 Å². The molecule has 4 heteroatoms. The van der Waals surface area contributed by atoms with Crippen LogP contribution in [0.5, 0.6) is 0 Å². The standard InChI is InChI=1S/C20H40Br2O2/c1-6-9-10-11-12-13-14-19(23-15-17(4)7-2)20(21,22)24-16-18(5)8-3/h17-19H,6-16H2,1-5H3. The van der Waals surface area contributed by atoms with Crippen LogP contribution in [0.15, 0.2) is 0 Å². The van der Waals surface area contributed by atoms with Gasteiger partial charge >= 0.3 is 0 Å². The van der Waals surface area contributed by atoms with Crippen LogP contribution < -0.4 is 0 Å². The van der Waals surface area contributed by atoms with E-state index < -0.39 is 3.42 Å². The van der Waals surface area contributed by atoms with Crippen LogP contribution >= 0.6 is 31.9 Å². The highest BCUT2D eigenvalue weighted by Crippen LogP contribution is 2.37. The first-order valence-corrected chi connectivity index (χ1v) is 11.6. The molecule has 0 aromatic heterocycles. The first-order chi connectivity index (χ1) is 11.4. The van der Waals surface area contributed by atoms with E-state index in [1.807, 2.05) is 0 Å². The second-order valence-electron chi connectivity index (χ2n) is 7.28. The summed E-state index contributed by atoms with van der Waals surface area (Å²) < 4.78 is 11.8. The number of unbranched alkanes of at least 4 members (excludes halogenated alkanes) is 5. The molecule has 0 amide bonds. The van der Waals surface area contributed by atoms with E-state index in [4.69, 9.17) is 9.47 Å². The van der Waals surface area contributed by atoms with Crippen molar-refractivity contribution in [3.63, 3.8) is 0 Å². The van der Waals surface area contributed by atoms with Gasteiger partial charge in [0.05, 0.1) is 6.61 Å². The lowest BCUT2D eigenvalue weighted by Gasteiger charge is -2.32. The average molecular weight is 472 g/mol. The van der Waals surface area contributed by atoms with Crippen molar-refractivity contribution in [2.75, 3.05) is 13.2 Å². The zero-order valence-corrected chi connectivity index (χ0v) is 19.8. The van der Waals surface area contributed by atoms with Crippen LogP contribution in [0, 0.1) is 11.8 Å². The van der Waals surface area contributed by atoms with Gasteiger partial charge < -0.3 is 9.47 Å². The average Bonchev–Trinajstić information content (AvgIpc) is 2.57. The van der Waals surface area contributed by atoms with Crippen LogP contribution in [0.1, 0.15) is 92.4 Å². The van der Waals surface area contributed by atoms with Gasteiger partial charge in [0.25, 0.3) is 0 Å². The van der Waals surface area contributed by atoms with E-state index in [1.54, 1.807) is 0 Å². The molecule has 3 atom stereocenters. The molecule has 0 aliphatic rings. The molecule has 0 aromatic rings. The first-order valence-electron chi connectivity index (χ1n) is 10.0. The zero-order chi connectivity index (χ0) is 18.4. The van der Waals surface area contributed by atoms with E-state index >= 15 is 0 Å². The Kier molecular flexibility index (Phi) is 15.5. The van der Waals surface area contributed by atoms with Crippen LogP contribution in [0.25, 0.3) is 0 Å². The second kappa shape index (κ2) is 15.0. The lowest BCUT2D eigenvalue weighted by Crippen LogP contribution is -2.37. The molecule has 0 aliphatic carbocycles. The summed E-state index contributed by atoms with van der Waals surface area (Å²) in [4.78, 5) is 0. The van der Waals surface area contributed by atoms with Crippen LogP contribution in [0.3, 0.4) is 0 Å². The first kappa shape index (κ1) is 24.9. The number of halogens is 2. The van der Waals surface area contributed by atoms with Crippen molar-refractivity contribution in [1.29, 1.82) is 0 Å². The molecule has 0 saturated heterocycles. The van der Waals surface area contributed by atoms with Gasteiger partial charge in [-0.05, 0) is 50.1 Å². The maximum atomic E-state index is 6.23. The summed E-state index contributed by atoms with van der Waals surface area (Å²) in [6.45, 7) is 12.7. The summed E-state index contributed by atoms with van der Waals surface area (Å²) in [6, 6.07) is 0. The lowest BCUT2D eigenvalue weighted by molar-refractivity contribution is -0.0629. The number of hydrogen-bond donors (Lipinski definition) is 0. The minimum atomic E-state index is -0.569. The molecule has 0 heterocycles. The number of alkyl halides is 2. The third-order valence-corrected chi connectivity index (χ3v) is 6.21. The van der Waals surface area contributed by atoms with E-state index in [0.29, 0.717) is 11.8 Å². The Balaban J connectivity index is 4.42. The normalized spacial score (nSPS) is 16.1. The quantitative estimate of drug-likeness (QED) is 0.170. The maximum Gasteiger partial charge on any atom is 0.203 e. The molecule has 3 unspecified atom stereocenters. The van der Waals surface area contributed by atoms with Crippen molar-refractivity contribution >= 4 is 31.9 Å². The maximum absolute atomic E-state index is 6.23. The molecule has 0 saturated carbocycles. The van der Waals surface area contributed by atoms with E-state index in [1.165, 1.54) is 38.5 Å². The van der Waals surface area contributed by atoms with Crippen molar-refractivity contribution in [3.8, 4) is 0 Å². The largest absolute Gasteiger partial charge is 0.373 e. The van der Waals surface area contributed by atoms with Crippen molar-refractivity contribution in [1.82, 2.24) is 0 Å². The molecule has 146 valence electrons. The monoisotopic (exact) mass is 470 g/mol. The smallest absolute Gasteiger partial charge is 0.203 e. The highest BCUT2D eigenvalue weighted by Gasteiger charge is 2.35. The summed E-state index contributed by atoms with van der Waals surface area (Å²) in [5.74, 6) is 1.14. The van der Waals surface area contributed by atoms with Gasteiger partial charge in [-0.15, -0.1) is 0 Å². The highest BCUT2D eigenvalue weighted by molar-refractivity contribution is 9.25. The molecule has 0 fully saturated rings.